The number of fused-ring (bicyclic) bond motifs is 1. The average molecular weight is 367 g/mol. The molecule has 6 nitrogen and oxygen atoms in total. The predicted molar refractivity (Wildman–Crippen MR) is 96.0 cm³/mol. The molecule has 2 amide bonds. The molecule has 3 unspecified atom stereocenters. The Labute approximate surface area is 148 Å². The standard InChI is InChI=1S/C16H21N3O3S2/c1-21-13-4-2-3-10(13)12-9-22-7-6-19(12)16(20)18-15-17-11-5-8-23-14(11)24-15/h5,8,10,12-13H,2-4,6-7,9H2,1H3,(H,17,18,20). The number of nitrogens with one attached hydrogen (secondary N) is 1. The molecule has 3 heterocycles. The number of amides is 2. The van der Waals surface area contributed by atoms with Crippen LogP contribution in [0.3, 0.4) is 0 Å². The highest BCUT2D eigenvalue weighted by Gasteiger charge is 2.40. The second kappa shape index (κ2) is 6.95. The molecule has 3 atom stereocenters. The van der Waals surface area contributed by atoms with E-state index in [1.54, 1.807) is 18.4 Å². The van der Waals surface area contributed by atoms with E-state index in [0.29, 0.717) is 30.8 Å². The van der Waals surface area contributed by atoms with E-state index in [9.17, 15) is 4.79 Å². The van der Waals surface area contributed by atoms with Crippen LogP contribution >= 0.6 is 22.7 Å². The fourth-order valence-corrected chi connectivity index (χ4v) is 5.63. The Balaban J connectivity index is 1.49. The highest BCUT2D eigenvalue weighted by molar-refractivity contribution is 7.39. The lowest BCUT2D eigenvalue weighted by Crippen LogP contribution is -2.55. The summed E-state index contributed by atoms with van der Waals surface area (Å²) in [5, 5.41) is 5.66. The van der Waals surface area contributed by atoms with Gasteiger partial charge in [0.05, 0.1) is 30.9 Å². The van der Waals surface area contributed by atoms with Crippen molar-refractivity contribution in [3.8, 4) is 0 Å². The first-order valence-electron chi connectivity index (χ1n) is 8.28. The van der Waals surface area contributed by atoms with E-state index in [1.807, 2.05) is 16.3 Å². The molecule has 2 aromatic heterocycles. The summed E-state index contributed by atoms with van der Waals surface area (Å²) in [5.74, 6) is 0.348. The Morgan fingerprint density at radius 2 is 2.42 bits per heavy atom. The average Bonchev–Trinajstić information content (AvgIpc) is 3.30. The maximum absolute atomic E-state index is 12.8. The number of rotatable bonds is 3. The third-order valence-corrected chi connectivity index (χ3v) is 6.98. The van der Waals surface area contributed by atoms with Crippen LogP contribution in [-0.2, 0) is 9.47 Å². The van der Waals surface area contributed by atoms with Crippen molar-refractivity contribution >= 4 is 43.4 Å². The van der Waals surface area contributed by atoms with Crippen LogP contribution in [0.1, 0.15) is 19.3 Å². The van der Waals surface area contributed by atoms with Gasteiger partial charge in [-0.1, -0.05) is 17.8 Å². The molecule has 2 aromatic rings. The molecule has 2 aliphatic rings. The smallest absolute Gasteiger partial charge is 0.324 e. The van der Waals surface area contributed by atoms with E-state index in [4.69, 9.17) is 9.47 Å². The van der Waals surface area contributed by atoms with Crippen molar-refractivity contribution in [2.45, 2.75) is 31.4 Å². The molecule has 1 saturated carbocycles. The lowest BCUT2D eigenvalue weighted by Gasteiger charge is -2.40. The molecule has 1 aliphatic heterocycles. The molecule has 0 radical (unpaired) electrons. The van der Waals surface area contributed by atoms with Crippen LogP contribution in [0.5, 0.6) is 0 Å². The normalized spacial score (nSPS) is 27.7. The number of anilines is 1. The molecule has 0 bridgehead atoms. The van der Waals surface area contributed by atoms with Crippen molar-refractivity contribution in [1.82, 2.24) is 9.88 Å². The van der Waals surface area contributed by atoms with Crippen molar-refractivity contribution in [3.63, 3.8) is 0 Å². The summed E-state index contributed by atoms with van der Waals surface area (Å²) in [5.41, 5.74) is 0.953. The monoisotopic (exact) mass is 367 g/mol. The van der Waals surface area contributed by atoms with E-state index in [-0.39, 0.29) is 18.2 Å². The summed E-state index contributed by atoms with van der Waals surface area (Å²) in [4.78, 5) is 19.2. The summed E-state index contributed by atoms with van der Waals surface area (Å²) >= 11 is 3.18. The molecule has 2 fully saturated rings. The SMILES string of the molecule is COC1CCCC1C1COCCN1C(=O)Nc1nc2ccsc2s1. The number of thiophene rings is 1. The zero-order chi connectivity index (χ0) is 16.5. The molecule has 24 heavy (non-hydrogen) atoms. The van der Waals surface area contributed by atoms with Crippen molar-refractivity contribution < 1.29 is 14.3 Å². The maximum atomic E-state index is 12.8. The topological polar surface area (TPSA) is 63.7 Å². The number of aromatic nitrogens is 1. The van der Waals surface area contributed by atoms with Crippen LogP contribution in [0.25, 0.3) is 9.53 Å². The highest BCUT2D eigenvalue weighted by atomic mass is 32.2. The third kappa shape index (κ3) is 3.03. The Hall–Kier alpha value is -1.22. The number of methoxy groups -OCH3 is 1. The predicted octanol–water partition coefficient (Wildman–Crippen LogP) is 3.41. The zero-order valence-corrected chi connectivity index (χ0v) is 15.2. The van der Waals surface area contributed by atoms with E-state index in [0.717, 1.165) is 28.8 Å². The third-order valence-electron chi connectivity index (χ3n) is 4.96. The fourth-order valence-electron chi connectivity index (χ4n) is 3.80. The van der Waals surface area contributed by atoms with Crippen molar-refractivity contribution in [2.24, 2.45) is 5.92 Å². The van der Waals surface area contributed by atoms with E-state index >= 15 is 0 Å². The minimum atomic E-state index is -0.0774. The van der Waals surface area contributed by atoms with Crippen LogP contribution in [0, 0.1) is 5.92 Å². The van der Waals surface area contributed by atoms with Gasteiger partial charge in [-0.3, -0.25) is 5.32 Å². The van der Waals surface area contributed by atoms with Gasteiger partial charge in [-0.15, -0.1) is 11.3 Å². The van der Waals surface area contributed by atoms with Crippen molar-refractivity contribution in [1.29, 1.82) is 0 Å². The largest absolute Gasteiger partial charge is 0.381 e. The number of carbonyl (C=O) groups is 1. The van der Waals surface area contributed by atoms with E-state index < -0.39 is 0 Å². The van der Waals surface area contributed by atoms with Gasteiger partial charge in [-0.25, -0.2) is 9.78 Å². The Morgan fingerprint density at radius 3 is 3.25 bits per heavy atom. The summed E-state index contributed by atoms with van der Waals surface area (Å²) in [6.07, 6.45) is 3.52. The number of thiazole rings is 1. The molecule has 4 rings (SSSR count). The van der Waals surface area contributed by atoms with Crippen molar-refractivity contribution in [3.05, 3.63) is 11.4 Å². The number of morpholine rings is 1. The molecule has 130 valence electrons. The van der Waals surface area contributed by atoms with Crippen LogP contribution in [0.2, 0.25) is 0 Å². The minimum Gasteiger partial charge on any atom is -0.381 e. The summed E-state index contributed by atoms with van der Waals surface area (Å²) in [6.45, 7) is 1.79. The summed E-state index contributed by atoms with van der Waals surface area (Å²) in [7, 11) is 1.76. The quantitative estimate of drug-likeness (QED) is 0.903. The number of urea groups is 1. The van der Waals surface area contributed by atoms with Crippen LogP contribution < -0.4 is 5.32 Å². The Kier molecular flexibility index (Phi) is 4.71. The summed E-state index contributed by atoms with van der Waals surface area (Å²) in [6, 6.07) is 1.98. The van der Waals surface area contributed by atoms with Gasteiger partial charge in [-0.05, 0) is 24.3 Å². The van der Waals surface area contributed by atoms with E-state index in [1.165, 1.54) is 11.3 Å². The maximum Gasteiger partial charge on any atom is 0.324 e. The molecule has 1 N–H and O–H groups in total. The number of hydrogen-bond acceptors (Lipinski definition) is 6. The van der Waals surface area contributed by atoms with Crippen LogP contribution in [0.15, 0.2) is 11.4 Å². The van der Waals surface area contributed by atoms with Gasteiger partial charge in [-0.2, -0.15) is 0 Å². The van der Waals surface area contributed by atoms with Gasteiger partial charge in [0.15, 0.2) is 5.13 Å². The van der Waals surface area contributed by atoms with Gasteiger partial charge in [0.1, 0.15) is 4.01 Å². The molecule has 1 aliphatic carbocycles. The number of carbonyl (C=O) groups excluding carboxylic acids is 1. The second-order valence-corrected chi connectivity index (χ2v) is 8.42. The van der Waals surface area contributed by atoms with E-state index in [2.05, 4.69) is 10.3 Å². The van der Waals surface area contributed by atoms with Gasteiger partial charge in [0, 0.05) is 19.6 Å². The van der Waals surface area contributed by atoms with Gasteiger partial charge in [0.25, 0.3) is 0 Å². The number of hydrogen-bond donors (Lipinski definition) is 1. The minimum absolute atomic E-state index is 0.0762. The zero-order valence-electron chi connectivity index (χ0n) is 13.6. The lowest BCUT2D eigenvalue weighted by molar-refractivity contribution is -0.0379. The van der Waals surface area contributed by atoms with Gasteiger partial charge in [0.2, 0.25) is 0 Å². The number of ether oxygens (including phenoxy) is 2. The van der Waals surface area contributed by atoms with Gasteiger partial charge >= 0.3 is 6.03 Å². The Morgan fingerprint density at radius 1 is 1.50 bits per heavy atom. The molecular weight excluding hydrogens is 346 g/mol. The fraction of sp³-hybridized carbons (Fsp3) is 0.625. The molecule has 8 heteroatoms. The number of nitrogens with zero attached hydrogens (tertiary/aromatic N) is 2. The lowest BCUT2D eigenvalue weighted by atomic mass is 9.94. The Bertz CT molecular complexity index is 688. The van der Waals surface area contributed by atoms with Crippen LogP contribution in [0.4, 0.5) is 9.93 Å². The van der Waals surface area contributed by atoms with Crippen LogP contribution in [-0.4, -0.2) is 54.9 Å². The van der Waals surface area contributed by atoms with Gasteiger partial charge < -0.3 is 14.4 Å². The highest BCUT2D eigenvalue weighted by Crippen LogP contribution is 2.35. The molecular formula is C16H21N3O3S2. The first-order valence-corrected chi connectivity index (χ1v) is 9.98. The molecule has 1 saturated heterocycles. The molecule has 0 spiro atoms. The molecule has 0 aromatic carbocycles. The first kappa shape index (κ1) is 16.3. The second-order valence-electron chi connectivity index (χ2n) is 6.25. The van der Waals surface area contributed by atoms with Crippen molar-refractivity contribution in [2.75, 3.05) is 32.2 Å². The first-order chi connectivity index (χ1) is 11.8. The summed E-state index contributed by atoms with van der Waals surface area (Å²) < 4.78 is 12.4.